The molecule has 0 bridgehead atoms. The molecule has 0 N–H and O–H groups in total. The molecule has 0 saturated heterocycles. The molecule has 0 fully saturated rings. The lowest BCUT2D eigenvalue weighted by Gasteiger charge is -2.28. The van der Waals surface area contributed by atoms with Gasteiger partial charge in [0.15, 0.2) is 0 Å². The molecule has 1 heteroatoms. The van der Waals surface area contributed by atoms with E-state index in [0.29, 0.717) is 0 Å². The summed E-state index contributed by atoms with van der Waals surface area (Å²) in [7, 11) is 0. The molecular weight excluding hydrogens is 663 g/mol. The third-order valence-corrected chi connectivity index (χ3v) is 11.0. The molecule has 0 saturated carbocycles. The summed E-state index contributed by atoms with van der Waals surface area (Å²) >= 11 is 0. The fourth-order valence-electron chi connectivity index (χ4n) is 8.79. The maximum Gasteiger partial charge on any atom is 0.0540 e. The van der Waals surface area contributed by atoms with Crippen LogP contribution in [0.15, 0.2) is 200 Å². The lowest BCUT2D eigenvalue weighted by molar-refractivity contribution is 1.27. The fraction of sp³-hybridized carbons (Fsp3) is 0.0370. The number of fused-ring (bicyclic) bond motifs is 7. The average molecular weight is 702 g/mol. The van der Waals surface area contributed by atoms with Gasteiger partial charge in [-0.3, -0.25) is 0 Å². The summed E-state index contributed by atoms with van der Waals surface area (Å²) < 4.78 is 0. The Morgan fingerprint density at radius 1 is 0.327 bits per heavy atom. The molecule has 260 valence electrons. The Hall–Kier alpha value is -6.96. The summed E-state index contributed by atoms with van der Waals surface area (Å²) in [5.74, 6) is 0. The molecule has 1 nitrogen and oxygen atoms in total. The summed E-state index contributed by atoms with van der Waals surface area (Å²) in [5.41, 5.74) is 13.3. The molecule has 0 atom stereocenters. The molecule has 10 aromatic rings. The molecule has 0 radical (unpaired) electrons. The molecule has 0 aliphatic rings. The van der Waals surface area contributed by atoms with Crippen molar-refractivity contribution in [2.75, 3.05) is 4.90 Å². The minimum absolute atomic E-state index is 1.13. The number of nitrogens with zero attached hydrogens (tertiary/aromatic N) is 1. The highest BCUT2D eigenvalue weighted by Crippen LogP contribution is 2.50. The second-order valence-corrected chi connectivity index (χ2v) is 14.6. The second-order valence-electron chi connectivity index (χ2n) is 14.6. The van der Waals surface area contributed by atoms with Crippen molar-refractivity contribution in [2.24, 2.45) is 0 Å². The SMILES string of the molecule is Cc1cc(C)cc(N(c2ccc3c(c2)c2ccccc2c2c(-c4ccccc4)c(-c4ccccc4)cc(-c4ccccc4)c32)c2cccc3ccccc23)c1. The van der Waals surface area contributed by atoms with Gasteiger partial charge in [-0.1, -0.05) is 164 Å². The van der Waals surface area contributed by atoms with Crippen molar-refractivity contribution in [1.29, 1.82) is 0 Å². The van der Waals surface area contributed by atoms with Crippen LogP contribution >= 0.6 is 0 Å². The van der Waals surface area contributed by atoms with E-state index in [4.69, 9.17) is 0 Å². The van der Waals surface area contributed by atoms with Gasteiger partial charge in [0.25, 0.3) is 0 Å². The second kappa shape index (κ2) is 13.5. The van der Waals surface area contributed by atoms with E-state index in [1.54, 1.807) is 0 Å². The average Bonchev–Trinajstić information content (AvgIpc) is 3.24. The van der Waals surface area contributed by atoms with Gasteiger partial charge in [-0.25, -0.2) is 0 Å². The van der Waals surface area contributed by atoms with Gasteiger partial charge in [-0.2, -0.15) is 0 Å². The van der Waals surface area contributed by atoms with Crippen LogP contribution in [0.2, 0.25) is 0 Å². The van der Waals surface area contributed by atoms with Crippen LogP contribution in [-0.4, -0.2) is 0 Å². The smallest absolute Gasteiger partial charge is 0.0540 e. The summed E-state index contributed by atoms with van der Waals surface area (Å²) in [6.07, 6.45) is 0. The molecule has 0 unspecified atom stereocenters. The third-order valence-electron chi connectivity index (χ3n) is 11.0. The highest BCUT2D eigenvalue weighted by atomic mass is 15.1. The van der Waals surface area contributed by atoms with Crippen LogP contribution in [0.4, 0.5) is 17.1 Å². The van der Waals surface area contributed by atoms with Gasteiger partial charge in [-0.15, -0.1) is 0 Å². The summed E-state index contributed by atoms with van der Waals surface area (Å²) in [5, 5.41) is 9.97. The highest BCUT2D eigenvalue weighted by Gasteiger charge is 2.23. The summed E-state index contributed by atoms with van der Waals surface area (Å²) in [4.78, 5) is 2.45. The van der Waals surface area contributed by atoms with Gasteiger partial charge in [0.2, 0.25) is 0 Å². The monoisotopic (exact) mass is 701 g/mol. The minimum atomic E-state index is 1.13. The standard InChI is InChI=1S/C54H39N/c1-36-31-37(2)33-43(32-36)55(51-28-16-24-38-21-12-13-25-44(38)51)42-29-30-47-50(34-42)45-26-14-15-27-46(45)54-52(41-22-10-5-11-23-41)48(39-17-6-3-7-18-39)35-49(53(47)54)40-19-8-4-9-20-40/h3-35H,1-2H3. The molecule has 0 aromatic heterocycles. The summed E-state index contributed by atoms with van der Waals surface area (Å²) in [6.45, 7) is 4.38. The van der Waals surface area contributed by atoms with E-state index in [2.05, 4.69) is 219 Å². The Labute approximate surface area is 322 Å². The highest BCUT2D eigenvalue weighted by molar-refractivity contribution is 6.33. The molecule has 0 aliphatic heterocycles. The molecule has 10 rings (SSSR count). The zero-order chi connectivity index (χ0) is 36.9. The number of hydrogen-bond acceptors (Lipinski definition) is 1. The Balaban J connectivity index is 1.36. The topological polar surface area (TPSA) is 3.24 Å². The van der Waals surface area contributed by atoms with Gasteiger partial charge in [-0.05, 0) is 132 Å². The van der Waals surface area contributed by atoms with Crippen LogP contribution in [-0.2, 0) is 0 Å². The Morgan fingerprint density at radius 2 is 0.873 bits per heavy atom. The minimum Gasteiger partial charge on any atom is -0.310 e. The van der Waals surface area contributed by atoms with E-state index in [1.165, 1.54) is 87.6 Å². The van der Waals surface area contributed by atoms with Gasteiger partial charge >= 0.3 is 0 Å². The van der Waals surface area contributed by atoms with Gasteiger partial charge in [0, 0.05) is 16.8 Å². The number of benzene rings is 10. The first kappa shape index (κ1) is 32.7. The number of rotatable bonds is 6. The first-order valence-electron chi connectivity index (χ1n) is 19.1. The fourth-order valence-corrected chi connectivity index (χ4v) is 8.79. The van der Waals surface area contributed by atoms with E-state index in [0.717, 1.165) is 17.1 Å². The van der Waals surface area contributed by atoms with Crippen molar-refractivity contribution >= 4 is 60.2 Å². The van der Waals surface area contributed by atoms with Gasteiger partial charge in [0.1, 0.15) is 0 Å². The van der Waals surface area contributed by atoms with Gasteiger partial charge in [0.05, 0.1) is 5.69 Å². The number of anilines is 3. The largest absolute Gasteiger partial charge is 0.310 e. The quantitative estimate of drug-likeness (QED) is 0.156. The lowest BCUT2D eigenvalue weighted by atomic mass is 9.81. The van der Waals surface area contributed by atoms with E-state index < -0.39 is 0 Å². The van der Waals surface area contributed by atoms with E-state index in [1.807, 2.05) is 0 Å². The van der Waals surface area contributed by atoms with Crippen molar-refractivity contribution in [1.82, 2.24) is 0 Å². The van der Waals surface area contributed by atoms with Crippen molar-refractivity contribution in [3.8, 4) is 33.4 Å². The van der Waals surface area contributed by atoms with Crippen LogP contribution in [0.1, 0.15) is 11.1 Å². The maximum atomic E-state index is 2.45. The zero-order valence-electron chi connectivity index (χ0n) is 31.0. The zero-order valence-corrected chi connectivity index (χ0v) is 31.0. The molecule has 0 spiro atoms. The van der Waals surface area contributed by atoms with Crippen LogP contribution in [0.25, 0.3) is 76.5 Å². The molecule has 0 heterocycles. The molecular formula is C54H39N. The maximum absolute atomic E-state index is 2.45. The van der Waals surface area contributed by atoms with Crippen LogP contribution in [0, 0.1) is 13.8 Å². The number of aryl methyl sites for hydroxylation is 2. The predicted octanol–water partition coefficient (Wildman–Crippen LogP) is 15.4. The predicted molar refractivity (Wildman–Crippen MR) is 237 cm³/mol. The molecule has 55 heavy (non-hydrogen) atoms. The van der Waals surface area contributed by atoms with Gasteiger partial charge < -0.3 is 4.90 Å². The lowest BCUT2D eigenvalue weighted by Crippen LogP contribution is -2.11. The summed E-state index contributed by atoms with van der Waals surface area (Å²) in [6, 6.07) is 73.6. The van der Waals surface area contributed by atoms with Crippen molar-refractivity contribution in [3.05, 3.63) is 211 Å². The van der Waals surface area contributed by atoms with Crippen LogP contribution in [0.3, 0.4) is 0 Å². The Bertz CT molecular complexity index is 3010. The Morgan fingerprint density at radius 3 is 1.56 bits per heavy atom. The first-order valence-corrected chi connectivity index (χ1v) is 19.1. The normalized spacial score (nSPS) is 11.5. The number of hydrogen-bond donors (Lipinski definition) is 0. The van der Waals surface area contributed by atoms with Crippen LogP contribution < -0.4 is 4.90 Å². The molecule has 10 aromatic carbocycles. The Kier molecular flexibility index (Phi) is 8.00. The van der Waals surface area contributed by atoms with Crippen LogP contribution in [0.5, 0.6) is 0 Å². The van der Waals surface area contributed by atoms with Crippen molar-refractivity contribution in [3.63, 3.8) is 0 Å². The van der Waals surface area contributed by atoms with E-state index in [9.17, 15) is 0 Å². The molecule has 0 aliphatic carbocycles. The van der Waals surface area contributed by atoms with E-state index >= 15 is 0 Å². The van der Waals surface area contributed by atoms with Crippen molar-refractivity contribution in [2.45, 2.75) is 13.8 Å². The first-order chi connectivity index (χ1) is 27.1. The van der Waals surface area contributed by atoms with E-state index in [-0.39, 0.29) is 0 Å². The molecule has 0 amide bonds. The third kappa shape index (κ3) is 5.64. The van der Waals surface area contributed by atoms with Crippen molar-refractivity contribution < 1.29 is 0 Å².